The van der Waals surface area contributed by atoms with Gasteiger partial charge in [0.2, 0.25) is 0 Å². The Balaban J connectivity index is 2.14. The van der Waals surface area contributed by atoms with Crippen molar-refractivity contribution < 1.29 is 5.11 Å². The van der Waals surface area contributed by atoms with Gasteiger partial charge in [-0.25, -0.2) is 4.68 Å². The van der Waals surface area contributed by atoms with Crippen LogP contribution in [0.4, 0.5) is 5.82 Å². The van der Waals surface area contributed by atoms with Crippen LogP contribution in [0.15, 0.2) is 36.4 Å². The number of hydrogen-bond acceptors (Lipinski definition) is 3. The molecule has 4 nitrogen and oxygen atoms in total. The molecule has 1 heterocycles. The van der Waals surface area contributed by atoms with E-state index in [-0.39, 0.29) is 6.61 Å². The van der Waals surface area contributed by atoms with Gasteiger partial charge < -0.3 is 10.4 Å². The van der Waals surface area contributed by atoms with Crippen molar-refractivity contribution in [3.8, 4) is 0 Å². The van der Waals surface area contributed by atoms with Crippen molar-refractivity contribution in [3.05, 3.63) is 47.7 Å². The minimum absolute atomic E-state index is 0.121. The summed E-state index contributed by atoms with van der Waals surface area (Å²) in [6, 6.07) is 12.2. The maximum atomic E-state index is 8.82. The van der Waals surface area contributed by atoms with Gasteiger partial charge >= 0.3 is 0 Å². The molecule has 0 aliphatic heterocycles. The van der Waals surface area contributed by atoms with E-state index in [0.717, 1.165) is 18.1 Å². The van der Waals surface area contributed by atoms with Crippen LogP contribution in [0, 0.1) is 6.92 Å². The number of aromatic nitrogens is 2. The second-order valence-electron chi connectivity index (χ2n) is 3.96. The van der Waals surface area contributed by atoms with Crippen molar-refractivity contribution in [2.24, 2.45) is 0 Å². The number of anilines is 1. The number of aliphatic hydroxyl groups excluding tert-OH is 1. The van der Waals surface area contributed by atoms with E-state index < -0.39 is 0 Å². The maximum Gasteiger partial charge on any atom is 0.124 e. The van der Waals surface area contributed by atoms with Gasteiger partial charge in [0.1, 0.15) is 5.82 Å². The summed E-state index contributed by atoms with van der Waals surface area (Å²) in [5.74, 6) is 0.945. The topological polar surface area (TPSA) is 50.1 Å². The monoisotopic (exact) mass is 231 g/mol. The van der Waals surface area contributed by atoms with Gasteiger partial charge in [0, 0.05) is 12.6 Å². The summed E-state index contributed by atoms with van der Waals surface area (Å²) >= 11 is 0. The molecule has 0 aliphatic rings. The van der Waals surface area contributed by atoms with E-state index >= 15 is 0 Å². The highest BCUT2D eigenvalue weighted by molar-refractivity contribution is 5.37. The molecule has 17 heavy (non-hydrogen) atoms. The Labute approximate surface area is 101 Å². The molecule has 0 saturated heterocycles. The molecule has 1 aromatic carbocycles. The fraction of sp³-hybridized carbons (Fsp3) is 0.308. The van der Waals surface area contributed by atoms with Crippen LogP contribution in [0.3, 0.4) is 0 Å². The standard InChI is InChI=1S/C13H17N3O/c1-11-9-13(14-7-8-17)16(15-11)10-12-5-3-2-4-6-12/h2-6,9,14,17H,7-8,10H2,1H3. The van der Waals surface area contributed by atoms with Crippen LogP contribution in [-0.2, 0) is 6.54 Å². The summed E-state index contributed by atoms with van der Waals surface area (Å²) in [6.45, 7) is 3.36. The molecule has 0 spiro atoms. The van der Waals surface area contributed by atoms with Crippen LogP contribution in [0.5, 0.6) is 0 Å². The van der Waals surface area contributed by atoms with E-state index in [1.54, 1.807) is 0 Å². The molecule has 0 amide bonds. The molecule has 0 saturated carbocycles. The summed E-state index contributed by atoms with van der Waals surface area (Å²) in [5.41, 5.74) is 2.18. The zero-order valence-electron chi connectivity index (χ0n) is 9.93. The summed E-state index contributed by atoms with van der Waals surface area (Å²) in [5, 5.41) is 16.4. The number of benzene rings is 1. The van der Waals surface area contributed by atoms with Gasteiger partial charge in [-0.1, -0.05) is 30.3 Å². The number of hydrogen-bond donors (Lipinski definition) is 2. The van der Waals surface area contributed by atoms with Crippen LogP contribution in [-0.4, -0.2) is 28.0 Å². The Hall–Kier alpha value is -1.81. The minimum Gasteiger partial charge on any atom is -0.395 e. The molecule has 4 heteroatoms. The van der Waals surface area contributed by atoms with E-state index in [1.165, 1.54) is 5.56 Å². The Morgan fingerprint density at radius 2 is 2.06 bits per heavy atom. The number of rotatable bonds is 5. The molecule has 0 aliphatic carbocycles. The SMILES string of the molecule is Cc1cc(NCCO)n(Cc2ccccc2)n1. The lowest BCUT2D eigenvalue weighted by molar-refractivity contribution is 0.310. The molecule has 0 atom stereocenters. The molecular weight excluding hydrogens is 214 g/mol. The van der Waals surface area contributed by atoms with Crippen molar-refractivity contribution in [1.29, 1.82) is 0 Å². The minimum atomic E-state index is 0.121. The summed E-state index contributed by atoms with van der Waals surface area (Å²) in [6.07, 6.45) is 0. The Morgan fingerprint density at radius 1 is 1.29 bits per heavy atom. The lowest BCUT2D eigenvalue weighted by Crippen LogP contribution is -2.12. The molecule has 2 rings (SSSR count). The Kier molecular flexibility index (Phi) is 3.77. The van der Waals surface area contributed by atoms with Crippen molar-refractivity contribution in [2.75, 3.05) is 18.5 Å². The molecule has 0 bridgehead atoms. The van der Waals surface area contributed by atoms with E-state index in [4.69, 9.17) is 5.11 Å². The van der Waals surface area contributed by atoms with Gasteiger partial charge in [-0.3, -0.25) is 0 Å². The van der Waals surface area contributed by atoms with Gasteiger partial charge in [0.25, 0.3) is 0 Å². The molecule has 90 valence electrons. The van der Waals surface area contributed by atoms with Crippen LogP contribution < -0.4 is 5.32 Å². The second kappa shape index (κ2) is 5.50. The first-order valence-corrected chi connectivity index (χ1v) is 5.72. The average Bonchev–Trinajstić information content (AvgIpc) is 2.68. The Morgan fingerprint density at radius 3 is 2.76 bits per heavy atom. The third kappa shape index (κ3) is 3.07. The molecule has 0 unspecified atom stereocenters. The summed E-state index contributed by atoms with van der Waals surface area (Å²) < 4.78 is 1.92. The Bertz CT molecular complexity index is 465. The zero-order valence-corrected chi connectivity index (χ0v) is 9.93. The van der Waals surface area contributed by atoms with Gasteiger partial charge in [-0.05, 0) is 12.5 Å². The van der Waals surface area contributed by atoms with E-state index in [0.29, 0.717) is 6.54 Å². The molecule has 2 aromatic rings. The number of aliphatic hydroxyl groups is 1. The first kappa shape index (κ1) is 11.7. The fourth-order valence-corrected chi connectivity index (χ4v) is 1.75. The predicted octanol–water partition coefficient (Wildman–Crippen LogP) is 1.64. The fourth-order valence-electron chi connectivity index (χ4n) is 1.75. The molecule has 1 aromatic heterocycles. The lowest BCUT2D eigenvalue weighted by atomic mass is 10.2. The lowest BCUT2D eigenvalue weighted by Gasteiger charge is -2.08. The molecular formula is C13H17N3O. The third-order valence-corrected chi connectivity index (χ3v) is 2.50. The van der Waals surface area contributed by atoms with Crippen LogP contribution >= 0.6 is 0 Å². The normalized spacial score (nSPS) is 10.5. The average molecular weight is 231 g/mol. The van der Waals surface area contributed by atoms with Crippen molar-refractivity contribution in [1.82, 2.24) is 9.78 Å². The maximum absolute atomic E-state index is 8.82. The molecule has 0 radical (unpaired) electrons. The number of nitrogens with zero attached hydrogens (tertiary/aromatic N) is 2. The van der Waals surface area contributed by atoms with Gasteiger partial charge in [0.05, 0.1) is 18.8 Å². The largest absolute Gasteiger partial charge is 0.395 e. The van der Waals surface area contributed by atoms with Crippen LogP contribution in [0.2, 0.25) is 0 Å². The predicted molar refractivity (Wildman–Crippen MR) is 68.1 cm³/mol. The molecule has 2 N–H and O–H groups in total. The van der Waals surface area contributed by atoms with Gasteiger partial charge in [0.15, 0.2) is 0 Å². The van der Waals surface area contributed by atoms with Crippen molar-refractivity contribution in [3.63, 3.8) is 0 Å². The van der Waals surface area contributed by atoms with Gasteiger partial charge in [-0.15, -0.1) is 0 Å². The van der Waals surface area contributed by atoms with E-state index in [9.17, 15) is 0 Å². The van der Waals surface area contributed by atoms with Crippen molar-refractivity contribution >= 4 is 5.82 Å². The molecule has 0 fully saturated rings. The smallest absolute Gasteiger partial charge is 0.124 e. The van der Waals surface area contributed by atoms with Crippen LogP contribution in [0.1, 0.15) is 11.3 Å². The first-order chi connectivity index (χ1) is 8.29. The zero-order chi connectivity index (χ0) is 12.1. The number of aryl methyl sites for hydroxylation is 1. The van der Waals surface area contributed by atoms with Crippen molar-refractivity contribution in [2.45, 2.75) is 13.5 Å². The highest BCUT2D eigenvalue weighted by atomic mass is 16.3. The number of nitrogens with one attached hydrogen (secondary N) is 1. The highest BCUT2D eigenvalue weighted by Crippen LogP contribution is 2.12. The summed E-state index contributed by atoms with van der Waals surface area (Å²) in [4.78, 5) is 0. The second-order valence-corrected chi connectivity index (χ2v) is 3.96. The first-order valence-electron chi connectivity index (χ1n) is 5.72. The van der Waals surface area contributed by atoms with Gasteiger partial charge in [-0.2, -0.15) is 5.10 Å². The van der Waals surface area contributed by atoms with Crippen LogP contribution in [0.25, 0.3) is 0 Å². The quantitative estimate of drug-likeness (QED) is 0.822. The summed E-state index contributed by atoms with van der Waals surface area (Å²) in [7, 11) is 0. The highest BCUT2D eigenvalue weighted by Gasteiger charge is 2.04. The van der Waals surface area contributed by atoms with E-state index in [1.807, 2.05) is 35.9 Å². The third-order valence-electron chi connectivity index (χ3n) is 2.50. The van der Waals surface area contributed by atoms with E-state index in [2.05, 4.69) is 22.5 Å².